The zero-order valence-electron chi connectivity index (χ0n) is 13.7. The SMILES string of the molecule is COc1cccc(F)c1C(=O)N[C@@H]1C[C@H]2CO[C@@H](CCO)CN2C1. The summed E-state index contributed by atoms with van der Waals surface area (Å²) in [4.78, 5) is 14.7. The minimum absolute atomic E-state index is 0.0346. The lowest BCUT2D eigenvalue weighted by atomic mass is 10.1. The van der Waals surface area contributed by atoms with Gasteiger partial charge < -0.3 is 19.9 Å². The van der Waals surface area contributed by atoms with Crippen LogP contribution in [0.3, 0.4) is 0 Å². The summed E-state index contributed by atoms with van der Waals surface area (Å²) in [7, 11) is 1.42. The first-order chi connectivity index (χ1) is 11.6. The van der Waals surface area contributed by atoms with E-state index in [1.54, 1.807) is 6.07 Å². The number of aliphatic hydroxyl groups is 1. The second-order valence-electron chi connectivity index (χ2n) is 6.30. The van der Waals surface area contributed by atoms with Crippen molar-refractivity contribution in [2.75, 3.05) is 33.4 Å². The summed E-state index contributed by atoms with van der Waals surface area (Å²) in [6.45, 7) is 2.16. The molecule has 0 aliphatic carbocycles. The van der Waals surface area contributed by atoms with E-state index in [9.17, 15) is 9.18 Å². The lowest BCUT2D eigenvalue weighted by molar-refractivity contribution is -0.0566. The van der Waals surface area contributed by atoms with Gasteiger partial charge in [0.15, 0.2) is 0 Å². The maximum absolute atomic E-state index is 14.0. The van der Waals surface area contributed by atoms with Gasteiger partial charge in [0, 0.05) is 31.8 Å². The van der Waals surface area contributed by atoms with E-state index in [1.165, 1.54) is 19.2 Å². The molecule has 0 aromatic heterocycles. The first kappa shape index (κ1) is 17.1. The summed E-state index contributed by atoms with van der Waals surface area (Å²) in [5.41, 5.74) is -0.0562. The minimum atomic E-state index is -0.589. The maximum Gasteiger partial charge on any atom is 0.258 e. The first-order valence-electron chi connectivity index (χ1n) is 8.22. The molecule has 2 aliphatic heterocycles. The van der Waals surface area contributed by atoms with Crippen molar-refractivity contribution in [1.82, 2.24) is 10.2 Å². The molecule has 3 rings (SSSR count). The average Bonchev–Trinajstić information content (AvgIpc) is 2.96. The lowest BCUT2D eigenvalue weighted by Gasteiger charge is -2.34. The fraction of sp³-hybridized carbons (Fsp3) is 0.588. The Balaban J connectivity index is 1.63. The zero-order valence-corrected chi connectivity index (χ0v) is 13.7. The highest BCUT2D eigenvalue weighted by atomic mass is 19.1. The predicted molar refractivity (Wildman–Crippen MR) is 85.6 cm³/mol. The number of amides is 1. The van der Waals surface area contributed by atoms with Crippen molar-refractivity contribution in [3.8, 4) is 5.75 Å². The van der Waals surface area contributed by atoms with Gasteiger partial charge in [0.25, 0.3) is 5.91 Å². The van der Waals surface area contributed by atoms with E-state index in [2.05, 4.69) is 10.2 Å². The number of carbonyl (C=O) groups is 1. The molecule has 132 valence electrons. The van der Waals surface area contributed by atoms with E-state index in [-0.39, 0.29) is 36.1 Å². The molecule has 0 spiro atoms. The number of ether oxygens (including phenoxy) is 2. The molecule has 0 radical (unpaired) electrons. The van der Waals surface area contributed by atoms with Gasteiger partial charge in [0.05, 0.1) is 19.8 Å². The molecule has 2 N–H and O–H groups in total. The van der Waals surface area contributed by atoms with Gasteiger partial charge in [0.2, 0.25) is 0 Å². The molecule has 2 aliphatic rings. The fourth-order valence-corrected chi connectivity index (χ4v) is 3.52. The van der Waals surface area contributed by atoms with Crippen molar-refractivity contribution in [2.45, 2.75) is 31.0 Å². The standard InChI is InChI=1S/C17H23FN2O4/c1-23-15-4-2-3-14(18)16(15)17(22)19-11-7-12-10-24-13(5-6-21)9-20(12)8-11/h2-4,11-13,21H,5-10H2,1H3,(H,19,22)/t11-,12+,13+/m1/s1. The van der Waals surface area contributed by atoms with Gasteiger partial charge in [-0.05, 0) is 25.0 Å². The van der Waals surface area contributed by atoms with Crippen LogP contribution < -0.4 is 10.1 Å². The quantitative estimate of drug-likeness (QED) is 0.831. The van der Waals surface area contributed by atoms with Gasteiger partial charge in [-0.3, -0.25) is 9.69 Å². The summed E-state index contributed by atoms with van der Waals surface area (Å²) < 4.78 is 24.8. The number of hydrogen-bond donors (Lipinski definition) is 2. The molecule has 3 atom stereocenters. The van der Waals surface area contributed by atoms with Crippen LogP contribution in [0.1, 0.15) is 23.2 Å². The number of benzene rings is 1. The summed E-state index contributed by atoms with van der Waals surface area (Å²) >= 11 is 0. The fourth-order valence-electron chi connectivity index (χ4n) is 3.52. The Morgan fingerprint density at radius 3 is 3.08 bits per heavy atom. The van der Waals surface area contributed by atoms with Crippen LogP contribution in [0.25, 0.3) is 0 Å². The number of nitrogens with one attached hydrogen (secondary N) is 1. The zero-order chi connectivity index (χ0) is 17.1. The number of rotatable bonds is 5. The summed E-state index contributed by atoms with van der Waals surface area (Å²) in [6.07, 6.45) is 1.42. The van der Waals surface area contributed by atoms with E-state index < -0.39 is 11.7 Å². The topological polar surface area (TPSA) is 71.0 Å². The number of aliphatic hydroxyl groups excluding tert-OH is 1. The Labute approximate surface area is 140 Å². The molecule has 2 heterocycles. The number of nitrogens with zero attached hydrogens (tertiary/aromatic N) is 1. The first-order valence-corrected chi connectivity index (χ1v) is 8.22. The molecule has 0 bridgehead atoms. The Morgan fingerprint density at radius 2 is 2.33 bits per heavy atom. The Hall–Kier alpha value is -1.70. The molecule has 6 nitrogen and oxygen atoms in total. The predicted octanol–water partition coefficient (Wildman–Crippen LogP) is 0.788. The maximum atomic E-state index is 14.0. The van der Waals surface area contributed by atoms with Crippen LogP contribution in [0.2, 0.25) is 0 Å². The van der Waals surface area contributed by atoms with Gasteiger partial charge in [-0.1, -0.05) is 6.07 Å². The molecule has 2 saturated heterocycles. The molecule has 24 heavy (non-hydrogen) atoms. The molecule has 1 aromatic carbocycles. The molecule has 7 heteroatoms. The minimum Gasteiger partial charge on any atom is -0.496 e. The lowest BCUT2D eigenvalue weighted by Crippen LogP contribution is -2.46. The largest absolute Gasteiger partial charge is 0.496 e. The summed E-state index contributed by atoms with van der Waals surface area (Å²) in [5, 5.41) is 11.9. The highest BCUT2D eigenvalue weighted by Crippen LogP contribution is 2.26. The van der Waals surface area contributed by atoms with Crippen LogP contribution in [-0.2, 0) is 4.74 Å². The average molecular weight is 338 g/mol. The Bertz CT molecular complexity index is 598. The van der Waals surface area contributed by atoms with Crippen molar-refractivity contribution in [3.63, 3.8) is 0 Å². The van der Waals surface area contributed by atoms with Gasteiger partial charge in [-0.15, -0.1) is 0 Å². The Kier molecular flexibility index (Phi) is 5.33. The van der Waals surface area contributed by atoms with E-state index in [0.29, 0.717) is 19.6 Å². The third-order valence-electron chi connectivity index (χ3n) is 4.70. The Morgan fingerprint density at radius 1 is 1.50 bits per heavy atom. The molecule has 1 amide bonds. The molecule has 0 saturated carbocycles. The number of halogens is 1. The molecular formula is C17H23FN2O4. The van der Waals surface area contributed by atoms with Crippen molar-refractivity contribution in [1.29, 1.82) is 0 Å². The molecule has 1 aromatic rings. The van der Waals surface area contributed by atoms with Crippen molar-refractivity contribution >= 4 is 5.91 Å². The van der Waals surface area contributed by atoms with Crippen LogP contribution in [0, 0.1) is 5.82 Å². The van der Waals surface area contributed by atoms with E-state index in [4.69, 9.17) is 14.6 Å². The third kappa shape index (κ3) is 3.53. The van der Waals surface area contributed by atoms with Crippen molar-refractivity contribution < 1.29 is 23.8 Å². The number of fused-ring (bicyclic) bond motifs is 1. The number of morpholine rings is 1. The van der Waals surface area contributed by atoms with Crippen molar-refractivity contribution in [2.24, 2.45) is 0 Å². The second kappa shape index (κ2) is 7.46. The van der Waals surface area contributed by atoms with E-state index >= 15 is 0 Å². The summed E-state index contributed by atoms with van der Waals surface area (Å²) in [5.74, 6) is -0.814. The monoisotopic (exact) mass is 338 g/mol. The van der Waals surface area contributed by atoms with Crippen molar-refractivity contribution in [3.05, 3.63) is 29.6 Å². The second-order valence-corrected chi connectivity index (χ2v) is 6.30. The van der Waals surface area contributed by atoms with Crippen LogP contribution >= 0.6 is 0 Å². The van der Waals surface area contributed by atoms with Gasteiger partial charge in [-0.2, -0.15) is 0 Å². The van der Waals surface area contributed by atoms with Gasteiger partial charge in [0.1, 0.15) is 17.1 Å². The number of hydrogen-bond acceptors (Lipinski definition) is 5. The number of carbonyl (C=O) groups excluding carboxylic acids is 1. The molecule has 2 fully saturated rings. The summed E-state index contributed by atoms with van der Waals surface area (Å²) in [6, 6.07) is 4.54. The molecular weight excluding hydrogens is 315 g/mol. The van der Waals surface area contributed by atoms with Crippen LogP contribution in [0.15, 0.2) is 18.2 Å². The highest BCUT2D eigenvalue weighted by Gasteiger charge is 2.38. The van der Waals surface area contributed by atoms with Crippen LogP contribution in [0.5, 0.6) is 5.75 Å². The third-order valence-corrected chi connectivity index (χ3v) is 4.70. The van der Waals surface area contributed by atoms with Crippen LogP contribution in [-0.4, -0.2) is 67.5 Å². The van der Waals surface area contributed by atoms with Gasteiger partial charge >= 0.3 is 0 Å². The highest BCUT2D eigenvalue weighted by molar-refractivity contribution is 5.97. The van der Waals surface area contributed by atoms with E-state index in [0.717, 1.165) is 13.0 Å². The normalized spacial score (nSPS) is 26.9. The molecule has 0 unspecified atom stereocenters. The van der Waals surface area contributed by atoms with E-state index in [1.807, 2.05) is 0 Å². The number of methoxy groups -OCH3 is 1. The van der Waals surface area contributed by atoms with Gasteiger partial charge in [-0.25, -0.2) is 4.39 Å². The van der Waals surface area contributed by atoms with Crippen LogP contribution in [0.4, 0.5) is 4.39 Å². The smallest absolute Gasteiger partial charge is 0.258 e.